The van der Waals surface area contributed by atoms with Gasteiger partial charge in [-0.1, -0.05) is 6.92 Å². The number of carbonyl (C=O) groups is 1. The van der Waals surface area contributed by atoms with E-state index < -0.39 is 0 Å². The number of halogens is 1. The Morgan fingerprint density at radius 3 is 2.67 bits per heavy atom. The van der Waals surface area contributed by atoms with Crippen LogP contribution in [0.3, 0.4) is 0 Å². The zero-order valence-corrected chi connectivity index (χ0v) is 14.2. The van der Waals surface area contributed by atoms with Gasteiger partial charge in [-0.05, 0) is 72.3 Å². The van der Waals surface area contributed by atoms with E-state index in [9.17, 15) is 4.79 Å². The lowest BCUT2D eigenvalue weighted by atomic mass is 10.2. The van der Waals surface area contributed by atoms with Gasteiger partial charge in [-0.2, -0.15) is 0 Å². The number of ether oxygens (including phenoxy) is 1. The molecule has 1 aromatic carbocycles. The Kier molecular flexibility index (Phi) is 5.67. The van der Waals surface area contributed by atoms with Crippen LogP contribution in [0, 0.1) is 3.57 Å². The fraction of sp³-hybridized carbons (Fsp3) is 0.312. The van der Waals surface area contributed by atoms with Crippen LogP contribution in [0.4, 0.5) is 0 Å². The summed E-state index contributed by atoms with van der Waals surface area (Å²) < 4.78 is 12.3. The number of rotatable bonds is 6. The highest BCUT2D eigenvalue weighted by Crippen LogP contribution is 2.16. The predicted molar refractivity (Wildman–Crippen MR) is 89.4 cm³/mol. The highest BCUT2D eigenvalue weighted by Gasteiger charge is 2.13. The average molecular weight is 399 g/mol. The van der Waals surface area contributed by atoms with E-state index in [0.29, 0.717) is 18.1 Å². The van der Waals surface area contributed by atoms with Crippen LogP contribution in [-0.4, -0.2) is 11.9 Å². The Morgan fingerprint density at radius 1 is 1.29 bits per heavy atom. The molecule has 0 spiro atoms. The monoisotopic (exact) mass is 399 g/mol. The molecule has 0 bridgehead atoms. The zero-order chi connectivity index (χ0) is 15.2. The van der Waals surface area contributed by atoms with Crippen molar-refractivity contribution in [3.63, 3.8) is 0 Å². The number of hydrogen-bond donors (Lipinski definition) is 1. The standard InChI is InChI=1S/C16H18INO3/c1-3-11(2)18-16(19)15-9-8-14(21-15)10-20-13-6-4-12(17)5-7-13/h4-9,11H,3,10H2,1-2H3,(H,18,19)/t11-/m0/s1. The van der Waals surface area contributed by atoms with Crippen molar-refractivity contribution in [1.82, 2.24) is 5.32 Å². The highest BCUT2D eigenvalue weighted by atomic mass is 127. The molecule has 1 atom stereocenters. The molecule has 0 saturated carbocycles. The summed E-state index contributed by atoms with van der Waals surface area (Å²) in [6.45, 7) is 4.28. The smallest absolute Gasteiger partial charge is 0.287 e. The van der Waals surface area contributed by atoms with Crippen molar-refractivity contribution >= 4 is 28.5 Å². The summed E-state index contributed by atoms with van der Waals surface area (Å²) in [7, 11) is 0. The third-order valence-corrected chi connectivity index (χ3v) is 3.79. The van der Waals surface area contributed by atoms with Gasteiger partial charge in [0.1, 0.15) is 18.1 Å². The van der Waals surface area contributed by atoms with Crippen LogP contribution in [0.5, 0.6) is 5.75 Å². The molecule has 1 aromatic heterocycles. The maximum absolute atomic E-state index is 11.9. The Morgan fingerprint density at radius 2 is 2.00 bits per heavy atom. The van der Waals surface area contributed by atoms with E-state index in [2.05, 4.69) is 27.9 Å². The molecule has 0 radical (unpaired) electrons. The Balaban J connectivity index is 1.91. The lowest BCUT2D eigenvalue weighted by Crippen LogP contribution is -2.31. The molecule has 0 unspecified atom stereocenters. The van der Waals surface area contributed by atoms with Gasteiger partial charge in [0.25, 0.3) is 5.91 Å². The maximum Gasteiger partial charge on any atom is 0.287 e. The van der Waals surface area contributed by atoms with E-state index in [-0.39, 0.29) is 11.9 Å². The molecular weight excluding hydrogens is 381 g/mol. The van der Waals surface area contributed by atoms with Gasteiger partial charge in [0.15, 0.2) is 5.76 Å². The van der Waals surface area contributed by atoms with Crippen molar-refractivity contribution in [3.8, 4) is 5.75 Å². The Hall–Kier alpha value is -1.50. The second-order valence-corrected chi connectivity index (χ2v) is 6.04. The van der Waals surface area contributed by atoms with E-state index in [1.165, 1.54) is 0 Å². The normalized spacial score (nSPS) is 12.0. The fourth-order valence-electron chi connectivity index (χ4n) is 1.66. The van der Waals surface area contributed by atoms with Crippen molar-refractivity contribution < 1.29 is 13.9 Å². The second-order valence-electron chi connectivity index (χ2n) is 4.79. The van der Waals surface area contributed by atoms with E-state index in [1.807, 2.05) is 38.1 Å². The van der Waals surface area contributed by atoms with Gasteiger partial charge in [-0.25, -0.2) is 0 Å². The Bertz CT molecular complexity index is 592. The summed E-state index contributed by atoms with van der Waals surface area (Å²) in [4.78, 5) is 11.9. The quantitative estimate of drug-likeness (QED) is 0.748. The molecular formula is C16H18INO3. The van der Waals surface area contributed by atoms with Crippen LogP contribution in [0.15, 0.2) is 40.8 Å². The van der Waals surface area contributed by atoms with Crippen molar-refractivity contribution in [2.24, 2.45) is 0 Å². The van der Waals surface area contributed by atoms with E-state index in [4.69, 9.17) is 9.15 Å². The van der Waals surface area contributed by atoms with Gasteiger partial charge < -0.3 is 14.5 Å². The van der Waals surface area contributed by atoms with Crippen LogP contribution >= 0.6 is 22.6 Å². The van der Waals surface area contributed by atoms with Crippen LogP contribution < -0.4 is 10.1 Å². The summed E-state index contributed by atoms with van der Waals surface area (Å²) in [5.41, 5.74) is 0. The van der Waals surface area contributed by atoms with Gasteiger partial charge in [0.05, 0.1) is 0 Å². The molecule has 4 nitrogen and oxygen atoms in total. The zero-order valence-electron chi connectivity index (χ0n) is 12.1. The highest BCUT2D eigenvalue weighted by molar-refractivity contribution is 14.1. The van der Waals surface area contributed by atoms with Crippen molar-refractivity contribution in [2.45, 2.75) is 32.9 Å². The molecule has 112 valence electrons. The molecule has 5 heteroatoms. The summed E-state index contributed by atoms with van der Waals surface area (Å²) in [6, 6.07) is 11.3. The van der Waals surface area contributed by atoms with Gasteiger partial charge >= 0.3 is 0 Å². The van der Waals surface area contributed by atoms with Crippen LogP contribution in [0.25, 0.3) is 0 Å². The van der Waals surface area contributed by atoms with Gasteiger partial charge in [-0.15, -0.1) is 0 Å². The first-order valence-electron chi connectivity index (χ1n) is 6.86. The lowest BCUT2D eigenvalue weighted by Gasteiger charge is -2.09. The van der Waals surface area contributed by atoms with Crippen LogP contribution in [0.2, 0.25) is 0 Å². The molecule has 1 heterocycles. The van der Waals surface area contributed by atoms with Crippen molar-refractivity contribution in [3.05, 3.63) is 51.5 Å². The second kappa shape index (κ2) is 7.49. The first-order chi connectivity index (χ1) is 10.1. The first-order valence-corrected chi connectivity index (χ1v) is 7.94. The SMILES string of the molecule is CC[C@H](C)NC(=O)c1ccc(COc2ccc(I)cc2)o1. The summed E-state index contributed by atoms with van der Waals surface area (Å²) in [5, 5.41) is 2.86. The molecule has 0 fully saturated rings. The number of hydrogen-bond acceptors (Lipinski definition) is 3. The number of benzene rings is 1. The fourth-order valence-corrected chi connectivity index (χ4v) is 2.02. The molecule has 1 N–H and O–H groups in total. The molecule has 0 aliphatic rings. The third kappa shape index (κ3) is 4.77. The topological polar surface area (TPSA) is 51.5 Å². The van der Waals surface area contributed by atoms with Gasteiger partial charge in [-0.3, -0.25) is 4.79 Å². The molecule has 0 saturated heterocycles. The molecule has 0 aliphatic heterocycles. The summed E-state index contributed by atoms with van der Waals surface area (Å²) in [5.74, 6) is 1.53. The largest absolute Gasteiger partial charge is 0.486 e. The molecule has 2 rings (SSSR count). The number of amides is 1. The minimum atomic E-state index is -0.190. The van der Waals surface area contributed by atoms with E-state index in [1.54, 1.807) is 12.1 Å². The minimum Gasteiger partial charge on any atom is -0.486 e. The van der Waals surface area contributed by atoms with Gasteiger partial charge in [0, 0.05) is 9.61 Å². The predicted octanol–water partition coefficient (Wildman–Crippen LogP) is 3.99. The average Bonchev–Trinajstić information content (AvgIpc) is 2.95. The maximum atomic E-state index is 11.9. The summed E-state index contributed by atoms with van der Waals surface area (Å²) >= 11 is 2.24. The first kappa shape index (κ1) is 15.9. The lowest BCUT2D eigenvalue weighted by molar-refractivity contribution is 0.0907. The number of furan rings is 1. The number of carbonyl (C=O) groups excluding carboxylic acids is 1. The molecule has 1 amide bonds. The van der Waals surface area contributed by atoms with E-state index >= 15 is 0 Å². The molecule has 21 heavy (non-hydrogen) atoms. The Labute approximate surface area is 138 Å². The summed E-state index contributed by atoms with van der Waals surface area (Å²) in [6.07, 6.45) is 0.884. The van der Waals surface area contributed by atoms with Crippen LogP contribution in [-0.2, 0) is 6.61 Å². The van der Waals surface area contributed by atoms with Crippen molar-refractivity contribution in [2.75, 3.05) is 0 Å². The van der Waals surface area contributed by atoms with Gasteiger partial charge in [0.2, 0.25) is 0 Å². The van der Waals surface area contributed by atoms with Crippen LogP contribution in [0.1, 0.15) is 36.6 Å². The van der Waals surface area contributed by atoms with Crippen molar-refractivity contribution in [1.29, 1.82) is 0 Å². The minimum absolute atomic E-state index is 0.133. The molecule has 0 aliphatic carbocycles. The third-order valence-electron chi connectivity index (χ3n) is 3.07. The van der Waals surface area contributed by atoms with E-state index in [0.717, 1.165) is 15.7 Å². The number of nitrogens with one attached hydrogen (secondary N) is 1. The molecule has 2 aromatic rings.